The molecule has 6 heteroatoms. The monoisotopic (exact) mass is 200 g/mol. The molecule has 0 aliphatic rings. The second-order valence-electron chi connectivity index (χ2n) is 2.05. The van der Waals surface area contributed by atoms with Crippen molar-refractivity contribution in [2.24, 2.45) is 0 Å². The van der Waals surface area contributed by atoms with Crippen LogP contribution in [0.4, 0.5) is 0 Å². The number of esters is 1. The van der Waals surface area contributed by atoms with Crippen molar-refractivity contribution < 1.29 is 9.53 Å². The Morgan fingerprint density at radius 2 is 2.50 bits per heavy atom. The molecule has 0 spiro atoms. The van der Waals surface area contributed by atoms with Crippen molar-refractivity contribution in [3.8, 4) is 0 Å². The third kappa shape index (κ3) is 0.997. The van der Waals surface area contributed by atoms with Crippen LogP contribution in [0.5, 0.6) is 0 Å². The van der Waals surface area contributed by atoms with Crippen LogP contribution in [0.3, 0.4) is 0 Å². The lowest BCUT2D eigenvalue weighted by atomic mass is 10.3. The van der Waals surface area contributed by atoms with E-state index >= 15 is 0 Å². The van der Waals surface area contributed by atoms with Crippen molar-refractivity contribution in [1.82, 2.24) is 9.59 Å². The number of ether oxygens (including phenoxy) is 1. The molecule has 12 heavy (non-hydrogen) atoms. The predicted molar refractivity (Wildman–Crippen MR) is 46.6 cm³/mol. The van der Waals surface area contributed by atoms with Crippen LogP contribution in [0.2, 0.25) is 0 Å². The Balaban J connectivity index is 2.61. The molecule has 0 aliphatic heterocycles. The molecule has 4 nitrogen and oxygen atoms in total. The highest BCUT2D eigenvalue weighted by molar-refractivity contribution is 7.24. The summed E-state index contributed by atoms with van der Waals surface area (Å²) >= 11 is 2.61. The Labute approximate surface area is 75.9 Å². The van der Waals surface area contributed by atoms with Crippen LogP contribution in [-0.2, 0) is 4.74 Å². The van der Waals surface area contributed by atoms with Crippen molar-refractivity contribution >= 4 is 38.4 Å². The maximum absolute atomic E-state index is 11.1. The first-order valence-corrected chi connectivity index (χ1v) is 4.76. The van der Waals surface area contributed by atoms with Gasteiger partial charge in [0.15, 0.2) is 4.83 Å². The number of methoxy groups -OCH3 is 1. The SMILES string of the molecule is COC(=O)c1csc2nnsc12. The number of carbonyl (C=O) groups is 1. The van der Waals surface area contributed by atoms with Crippen molar-refractivity contribution in [2.45, 2.75) is 0 Å². The molecule has 0 fully saturated rings. The predicted octanol–water partition coefficient (Wildman–Crippen LogP) is 1.54. The van der Waals surface area contributed by atoms with Gasteiger partial charge < -0.3 is 4.74 Å². The molecule has 0 aliphatic carbocycles. The van der Waals surface area contributed by atoms with Crippen LogP contribution in [0.15, 0.2) is 5.38 Å². The van der Waals surface area contributed by atoms with Gasteiger partial charge >= 0.3 is 5.97 Å². The third-order valence-electron chi connectivity index (χ3n) is 1.40. The molecule has 0 aromatic carbocycles. The number of carbonyl (C=O) groups excluding carboxylic acids is 1. The van der Waals surface area contributed by atoms with E-state index in [1.54, 1.807) is 5.38 Å². The number of hydrogen-bond donors (Lipinski definition) is 0. The first kappa shape index (κ1) is 7.63. The maximum Gasteiger partial charge on any atom is 0.340 e. The van der Waals surface area contributed by atoms with Crippen molar-refractivity contribution in [3.63, 3.8) is 0 Å². The molecule has 2 heterocycles. The van der Waals surface area contributed by atoms with E-state index < -0.39 is 0 Å². The molecule has 2 aromatic heterocycles. The second-order valence-corrected chi connectivity index (χ2v) is 3.66. The highest BCUT2D eigenvalue weighted by Crippen LogP contribution is 2.27. The largest absolute Gasteiger partial charge is 0.465 e. The molecule has 0 saturated carbocycles. The Hall–Kier alpha value is -1.01. The van der Waals surface area contributed by atoms with Gasteiger partial charge in [-0.15, -0.1) is 16.4 Å². The highest BCUT2D eigenvalue weighted by atomic mass is 32.1. The summed E-state index contributed by atoms with van der Waals surface area (Å²) in [5, 5.41) is 5.57. The lowest BCUT2D eigenvalue weighted by Crippen LogP contribution is -1.98. The van der Waals surface area contributed by atoms with E-state index in [0.717, 1.165) is 9.53 Å². The van der Waals surface area contributed by atoms with E-state index in [4.69, 9.17) is 0 Å². The molecule has 0 N–H and O–H groups in total. The fraction of sp³-hybridized carbons (Fsp3) is 0.167. The van der Waals surface area contributed by atoms with Gasteiger partial charge in [-0.1, -0.05) is 4.49 Å². The smallest absolute Gasteiger partial charge is 0.340 e. The number of fused-ring (bicyclic) bond motifs is 1. The summed E-state index contributed by atoms with van der Waals surface area (Å²) in [6.07, 6.45) is 0. The van der Waals surface area contributed by atoms with Gasteiger partial charge in [0.2, 0.25) is 0 Å². The summed E-state index contributed by atoms with van der Waals surface area (Å²) < 4.78 is 9.14. The van der Waals surface area contributed by atoms with Gasteiger partial charge in [-0.3, -0.25) is 0 Å². The van der Waals surface area contributed by atoms with E-state index in [2.05, 4.69) is 14.3 Å². The Morgan fingerprint density at radius 3 is 3.25 bits per heavy atom. The summed E-state index contributed by atoms with van der Waals surface area (Å²) in [4.78, 5) is 11.9. The van der Waals surface area contributed by atoms with Gasteiger partial charge in [0.05, 0.1) is 12.7 Å². The minimum atomic E-state index is -0.327. The molecular formula is C6H4N2O2S2. The van der Waals surface area contributed by atoms with Crippen LogP contribution < -0.4 is 0 Å². The first-order valence-electron chi connectivity index (χ1n) is 3.11. The molecule has 0 amide bonds. The molecule has 62 valence electrons. The third-order valence-corrected chi connectivity index (χ3v) is 3.15. The molecular weight excluding hydrogens is 196 g/mol. The second kappa shape index (κ2) is 2.80. The van der Waals surface area contributed by atoms with Crippen LogP contribution in [0, 0.1) is 0 Å². The Kier molecular flexibility index (Phi) is 1.78. The zero-order valence-electron chi connectivity index (χ0n) is 6.10. The van der Waals surface area contributed by atoms with Crippen LogP contribution in [0.25, 0.3) is 9.53 Å². The average Bonchev–Trinajstić information content (AvgIpc) is 2.62. The standard InChI is InChI=1S/C6H4N2O2S2/c1-10-6(9)3-2-11-5-4(3)12-8-7-5/h2H,1H3. The van der Waals surface area contributed by atoms with Gasteiger partial charge in [-0.2, -0.15) is 0 Å². The number of rotatable bonds is 1. The molecule has 0 saturated heterocycles. The topological polar surface area (TPSA) is 52.1 Å². The fourth-order valence-corrected chi connectivity index (χ4v) is 2.54. The Bertz CT molecular complexity index is 420. The number of aromatic nitrogens is 2. The van der Waals surface area contributed by atoms with Crippen molar-refractivity contribution in [1.29, 1.82) is 0 Å². The lowest BCUT2D eigenvalue weighted by Gasteiger charge is -1.91. The zero-order chi connectivity index (χ0) is 8.55. The molecule has 2 aromatic rings. The maximum atomic E-state index is 11.1. The minimum Gasteiger partial charge on any atom is -0.465 e. The molecule has 0 radical (unpaired) electrons. The zero-order valence-corrected chi connectivity index (χ0v) is 7.74. The lowest BCUT2D eigenvalue weighted by molar-refractivity contribution is 0.0603. The minimum absolute atomic E-state index is 0.327. The normalized spacial score (nSPS) is 10.4. The average molecular weight is 200 g/mol. The summed E-state index contributed by atoms with van der Waals surface area (Å²) in [6, 6.07) is 0. The van der Waals surface area contributed by atoms with Gasteiger partial charge in [0, 0.05) is 5.38 Å². The van der Waals surface area contributed by atoms with Gasteiger partial charge in [0.1, 0.15) is 4.70 Å². The van der Waals surface area contributed by atoms with Gasteiger partial charge in [0.25, 0.3) is 0 Å². The summed E-state index contributed by atoms with van der Waals surface area (Å²) in [5.41, 5.74) is 0.563. The van der Waals surface area contributed by atoms with E-state index in [1.807, 2.05) is 0 Å². The van der Waals surface area contributed by atoms with E-state index in [9.17, 15) is 4.79 Å². The summed E-state index contributed by atoms with van der Waals surface area (Å²) in [7, 11) is 1.36. The molecule has 2 rings (SSSR count). The summed E-state index contributed by atoms with van der Waals surface area (Å²) in [6.45, 7) is 0. The Morgan fingerprint density at radius 1 is 1.67 bits per heavy atom. The number of thiophene rings is 1. The molecule has 0 atom stereocenters. The van der Waals surface area contributed by atoms with Crippen molar-refractivity contribution in [2.75, 3.05) is 7.11 Å². The first-order chi connectivity index (χ1) is 5.83. The van der Waals surface area contributed by atoms with Crippen molar-refractivity contribution in [3.05, 3.63) is 10.9 Å². The quantitative estimate of drug-likeness (QED) is 0.655. The van der Waals surface area contributed by atoms with E-state index in [0.29, 0.717) is 5.56 Å². The number of nitrogens with zero attached hydrogens (tertiary/aromatic N) is 2. The van der Waals surface area contributed by atoms with E-state index in [1.165, 1.54) is 30.0 Å². The number of hydrogen-bond acceptors (Lipinski definition) is 6. The van der Waals surface area contributed by atoms with Gasteiger partial charge in [-0.05, 0) is 11.5 Å². The fourth-order valence-electron chi connectivity index (χ4n) is 0.843. The summed E-state index contributed by atoms with van der Waals surface area (Å²) in [5.74, 6) is -0.327. The highest BCUT2D eigenvalue weighted by Gasteiger charge is 2.14. The molecule has 0 unspecified atom stereocenters. The van der Waals surface area contributed by atoms with Crippen LogP contribution in [0.1, 0.15) is 10.4 Å². The van der Waals surface area contributed by atoms with Crippen LogP contribution >= 0.6 is 22.9 Å². The van der Waals surface area contributed by atoms with Crippen LogP contribution in [-0.4, -0.2) is 22.7 Å². The van der Waals surface area contributed by atoms with Gasteiger partial charge in [-0.25, -0.2) is 4.79 Å². The molecule has 0 bridgehead atoms. The van der Waals surface area contributed by atoms with E-state index in [-0.39, 0.29) is 5.97 Å².